The van der Waals surface area contributed by atoms with Crippen molar-refractivity contribution in [2.75, 3.05) is 19.7 Å². The van der Waals surface area contributed by atoms with Gasteiger partial charge in [-0.3, -0.25) is 4.90 Å². The van der Waals surface area contributed by atoms with Gasteiger partial charge >= 0.3 is 11.9 Å². The molecule has 0 amide bonds. The van der Waals surface area contributed by atoms with E-state index < -0.39 is 23.1 Å². The highest BCUT2D eigenvalue weighted by molar-refractivity contribution is 6.04. The minimum atomic E-state index is -1.54. The summed E-state index contributed by atoms with van der Waals surface area (Å²) in [5.74, 6) is -1.79. The van der Waals surface area contributed by atoms with Crippen LogP contribution in [-0.2, 0) is 19.1 Å². The molecule has 0 radical (unpaired) electrons. The average Bonchev–Trinajstić information content (AvgIpc) is 2.93. The van der Waals surface area contributed by atoms with Crippen molar-refractivity contribution in [1.29, 1.82) is 0 Å². The Labute approximate surface area is 112 Å². The van der Waals surface area contributed by atoms with Crippen LogP contribution in [0.2, 0.25) is 0 Å². The number of rotatable bonds is 4. The van der Waals surface area contributed by atoms with Crippen molar-refractivity contribution >= 4 is 11.9 Å². The lowest BCUT2D eigenvalue weighted by Gasteiger charge is -2.34. The fraction of sp³-hybridized carbons (Fsp3) is 0.846. The number of hydrogen-bond acceptors (Lipinski definition) is 5. The van der Waals surface area contributed by atoms with E-state index in [9.17, 15) is 14.7 Å². The van der Waals surface area contributed by atoms with E-state index in [-0.39, 0.29) is 6.10 Å². The first-order chi connectivity index (χ1) is 8.75. The van der Waals surface area contributed by atoms with Crippen LogP contribution in [0.3, 0.4) is 0 Å². The smallest absolute Gasteiger partial charge is 0.338 e. The summed E-state index contributed by atoms with van der Waals surface area (Å²) in [7, 11) is 0. The summed E-state index contributed by atoms with van der Waals surface area (Å²) in [5.41, 5.74) is -2.23. The van der Waals surface area contributed by atoms with Gasteiger partial charge in [0.15, 0.2) is 0 Å². The van der Waals surface area contributed by atoms with Crippen molar-refractivity contribution in [2.45, 2.75) is 50.9 Å². The Hall–Kier alpha value is -1.14. The molecule has 0 bridgehead atoms. The van der Waals surface area contributed by atoms with Gasteiger partial charge in [0.2, 0.25) is 5.54 Å². The zero-order valence-corrected chi connectivity index (χ0v) is 11.6. The highest BCUT2D eigenvalue weighted by Gasteiger charge is 2.57. The Morgan fingerprint density at radius 1 is 1.47 bits per heavy atom. The monoisotopic (exact) mass is 271 g/mol. The topological polar surface area (TPSA) is 79.4 Å². The molecule has 0 aromatic rings. The standard InChI is InChI=1S/C13H21NO5/c1-12(2,3)19-11(17)13(10(15)16)5-4-6-14(13)7-9-8-18-9/h9H,4-8H2,1-3H3,(H,15,16). The number of nitrogens with zero attached hydrogens (tertiary/aromatic N) is 1. The quantitative estimate of drug-likeness (QED) is 0.459. The number of hydrogen-bond donors (Lipinski definition) is 1. The van der Waals surface area contributed by atoms with E-state index in [1.807, 2.05) is 0 Å². The number of epoxide rings is 1. The minimum Gasteiger partial charge on any atom is -0.479 e. The van der Waals surface area contributed by atoms with E-state index in [0.717, 1.165) is 0 Å². The first-order valence-electron chi connectivity index (χ1n) is 6.59. The lowest BCUT2D eigenvalue weighted by atomic mass is 9.95. The molecule has 2 unspecified atom stereocenters. The van der Waals surface area contributed by atoms with Crippen LogP contribution >= 0.6 is 0 Å². The molecule has 2 saturated heterocycles. The summed E-state index contributed by atoms with van der Waals surface area (Å²) < 4.78 is 10.5. The largest absolute Gasteiger partial charge is 0.479 e. The summed E-state index contributed by atoms with van der Waals surface area (Å²) in [6.07, 6.45) is 1.03. The predicted molar refractivity (Wildman–Crippen MR) is 66.8 cm³/mol. The highest BCUT2D eigenvalue weighted by Crippen LogP contribution is 2.34. The average molecular weight is 271 g/mol. The molecule has 2 heterocycles. The third-order valence-corrected chi connectivity index (χ3v) is 3.42. The maximum atomic E-state index is 12.4. The summed E-state index contributed by atoms with van der Waals surface area (Å²) in [5, 5.41) is 9.55. The van der Waals surface area contributed by atoms with Crippen molar-refractivity contribution in [3.63, 3.8) is 0 Å². The van der Waals surface area contributed by atoms with Crippen molar-refractivity contribution in [1.82, 2.24) is 4.90 Å². The second kappa shape index (κ2) is 4.76. The fourth-order valence-corrected chi connectivity index (χ4v) is 2.46. The fourth-order valence-electron chi connectivity index (χ4n) is 2.46. The SMILES string of the molecule is CC(C)(C)OC(=O)C1(C(=O)O)CCCN1CC1CO1. The van der Waals surface area contributed by atoms with Gasteiger partial charge in [0.05, 0.1) is 12.7 Å². The molecule has 1 N–H and O–H groups in total. The van der Waals surface area contributed by atoms with Crippen LogP contribution in [0.5, 0.6) is 0 Å². The molecule has 2 atom stereocenters. The second-order valence-corrected chi connectivity index (χ2v) is 6.17. The normalized spacial score (nSPS) is 31.2. The summed E-state index contributed by atoms with van der Waals surface area (Å²) in [6, 6.07) is 0. The van der Waals surface area contributed by atoms with E-state index in [1.54, 1.807) is 25.7 Å². The minimum absolute atomic E-state index is 0.0549. The molecule has 0 saturated carbocycles. The number of carboxylic acids is 1. The highest BCUT2D eigenvalue weighted by atomic mass is 16.6. The van der Waals surface area contributed by atoms with Crippen LogP contribution in [0.4, 0.5) is 0 Å². The van der Waals surface area contributed by atoms with Crippen LogP contribution in [0.1, 0.15) is 33.6 Å². The number of aliphatic carboxylic acids is 1. The Morgan fingerprint density at radius 3 is 2.58 bits per heavy atom. The number of carbonyl (C=O) groups is 2. The van der Waals surface area contributed by atoms with Gasteiger partial charge in [0.1, 0.15) is 5.60 Å². The van der Waals surface area contributed by atoms with Gasteiger partial charge in [0.25, 0.3) is 0 Å². The zero-order chi connectivity index (χ0) is 14.3. The number of carboxylic acid groups (broad SMARTS) is 1. The maximum Gasteiger partial charge on any atom is 0.338 e. The Morgan fingerprint density at radius 2 is 2.11 bits per heavy atom. The molecular formula is C13H21NO5. The van der Waals surface area contributed by atoms with Gasteiger partial charge < -0.3 is 14.6 Å². The zero-order valence-electron chi connectivity index (χ0n) is 11.6. The summed E-state index contributed by atoms with van der Waals surface area (Å²) >= 11 is 0. The first kappa shape index (κ1) is 14.3. The van der Waals surface area contributed by atoms with Gasteiger partial charge in [-0.15, -0.1) is 0 Å². The third kappa shape index (κ3) is 2.90. The van der Waals surface area contributed by atoms with Crippen LogP contribution < -0.4 is 0 Å². The number of likely N-dealkylation sites (tertiary alicyclic amines) is 1. The Balaban J connectivity index is 2.20. The molecule has 6 heteroatoms. The van der Waals surface area contributed by atoms with Gasteiger partial charge in [-0.2, -0.15) is 0 Å². The molecular weight excluding hydrogens is 250 g/mol. The molecule has 0 spiro atoms. The van der Waals surface area contributed by atoms with Crippen molar-refractivity contribution in [3.8, 4) is 0 Å². The Kier molecular flexibility index (Phi) is 3.57. The number of carbonyl (C=O) groups excluding carboxylic acids is 1. The summed E-state index contributed by atoms with van der Waals surface area (Å²) in [6.45, 7) is 6.93. The van der Waals surface area contributed by atoms with Gasteiger partial charge in [-0.25, -0.2) is 9.59 Å². The van der Waals surface area contributed by atoms with Gasteiger partial charge in [0, 0.05) is 6.54 Å². The van der Waals surface area contributed by atoms with E-state index in [2.05, 4.69) is 0 Å². The van der Waals surface area contributed by atoms with E-state index in [0.29, 0.717) is 32.5 Å². The van der Waals surface area contributed by atoms with Crippen LogP contribution in [-0.4, -0.2) is 58.9 Å². The molecule has 0 aliphatic carbocycles. The Bertz CT molecular complexity index is 385. The predicted octanol–water partition coefficient (Wildman–Crippen LogP) is 0.646. The van der Waals surface area contributed by atoms with Crippen molar-refractivity contribution < 1.29 is 24.2 Å². The molecule has 2 aliphatic rings. The van der Waals surface area contributed by atoms with E-state index in [1.165, 1.54) is 0 Å². The summed E-state index contributed by atoms with van der Waals surface area (Å²) in [4.78, 5) is 25.7. The van der Waals surface area contributed by atoms with Gasteiger partial charge in [-0.1, -0.05) is 0 Å². The molecule has 0 aromatic heterocycles. The molecule has 2 aliphatic heterocycles. The van der Waals surface area contributed by atoms with Crippen molar-refractivity contribution in [2.24, 2.45) is 0 Å². The van der Waals surface area contributed by atoms with Crippen LogP contribution in [0.15, 0.2) is 0 Å². The number of ether oxygens (including phenoxy) is 2. The molecule has 0 aromatic carbocycles. The molecule has 2 fully saturated rings. The number of esters is 1. The van der Waals surface area contributed by atoms with Crippen molar-refractivity contribution in [3.05, 3.63) is 0 Å². The van der Waals surface area contributed by atoms with Gasteiger partial charge in [-0.05, 0) is 40.2 Å². The maximum absolute atomic E-state index is 12.4. The van der Waals surface area contributed by atoms with E-state index in [4.69, 9.17) is 9.47 Å². The lowest BCUT2D eigenvalue weighted by molar-refractivity contribution is -0.177. The van der Waals surface area contributed by atoms with Crippen LogP contribution in [0, 0.1) is 0 Å². The molecule has 108 valence electrons. The first-order valence-corrected chi connectivity index (χ1v) is 6.59. The third-order valence-electron chi connectivity index (χ3n) is 3.42. The molecule has 6 nitrogen and oxygen atoms in total. The lowest BCUT2D eigenvalue weighted by Crippen LogP contribution is -2.59. The van der Waals surface area contributed by atoms with Crippen LogP contribution in [0.25, 0.3) is 0 Å². The van der Waals surface area contributed by atoms with E-state index >= 15 is 0 Å². The second-order valence-electron chi connectivity index (χ2n) is 6.17. The molecule has 19 heavy (non-hydrogen) atoms. The molecule has 2 rings (SSSR count).